The fourth-order valence-corrected chi connectivity index (χ4v) is 12.9. The number of anilines is 1. The molecule has 108 heavy (non-hydrogen) atoms. The zero-order valence-electron chi connectivity index (χ0n) is 63.6. The number of carbonyl (C=O) groups excluding carboxylic acids is 9. The second kappa shape index (κ2) is 44.2. The Morgan fingerprint density at radius 2 is 1.13 bits per heavy atom. The molecule has 2 unspecified atom stereocenters. The summed E-state index contributed by atoms with van der Waals surface area (Å²) < 4.78 is 73.8. The number of Topliss-reactive ketones (excluding diaryl/α,β-unsaturated/α-hetero) is 4. The average molecular weight is 1510 g/mol. The van der Waals surface area contributed by atoms with Crippen molar-refractivity contribution in [3.05, 3.63) is 94.3 Å². The van der Waals surface area contributed by atoms with Crippen molar-refractivity contribution in [1.82, 2.24) is 20.4 Å². The summed E-state index contributed by atoms with van der Waals surface area (Å²) in [6, 6.07) is 11.5. The van der Waals surface area contributed by atoms with Gasteiger partial charge >= 0.3 is 6.09 Å². The van der Waals surface area contributed by atoms with E-state index in [2.05, 4.69) is 15.6 Å². The Bertz CT molecular complexity index is 3620. The van der Waals surface area contributed by atoms with E-state index in [-0.39, 0.29) is 141 Å². The lowest BCUT2D eigenvalue weighted by molar-refractivity contribution is -0.133. The zero-order chi connectivity index (χ0) is 77.5. The standard InChI is InChI=1S/C79H108N6O23/c1-51(2)61(42-59(86)18-22-98-24-26-100-28-30-102-32-34-104-36-37-105-35-33-103-31-29-101-27-25-99-23-19-80-73(89)17-16-60-68(88)40-54(5)74(60)90)75(91)82-55(6)67(87)41-56-12-14-57(15-13-56)50-108-79(95)85-65-46-72(70(97-8)44-63(65)77(93)84-49-53(4)39-66(84)78(85)94)107-21-11-9-10-20-106-71-45-64-62(43-69(71)96-7)76(92)83-48-52(3)38-58(83)47-81-64/h12-15,43-49,51,54-55,58,60-61,66,78,94H,9-11,16-42,50H2,1-8H3,(H,80,89)(H,82,91)/t54?,55-,58-,60?,61-,66-,78-/m0/s1. The van der Waals surface area contributed by atoms with Crippen molar-refractivity contribution in [2.75, 3.05) is 145 Å². The number of unbranched alkanes of at least 4 members (excludes halogenated alkanes) is 2. The minimum Gasteiger partial charge on any atom is -0.493 e. The third kappa shape index (κ3) is 25.5. The number of rotatable bonds is 50. The quantitative estimate of drug-likeness (QED) is 0.0358. The molecule has 5 aliphatic rings. The molecule has 592 valence electrons. The van der Waals surface area contributed by atoms with Crippen LogP contribution in [0.1, 0.15) is 138 Å². The van der Waals surface area contributed by atoms with Gasteiger partial charge in [-0.05, 0) is 88.5 Å². The van der Waals surface area contributed by atoms with Crippen LogP contribution < -0.4 is 34.5 Å². The Kier molecular flexibility index (Phi) is 34.8. The summed E-state index contributed by atoms with van der Waals surface area (Å²) in [6.45, 7) is 17.3. The first-order chi connectivity index (χ1) is 52.1. The van der Waals surface area contributed by atoms with Crippen LogP contribution >= 0.6 is 0 Å². The summed E-state index contributed by atoms with van der Waals surface area (Å²) in [5, 5.41) is 17.5. The molecule has 0 spiro atoms. The van der Waals surface area contributed by atoms with E-state index in [4.69, 9.17) is 61.6 Å². The number of amides is 5. The highest BCUT2D eigenvalue weighted by Gasteiger charge is 2.46. The maximum atomic E-state index is 14.3. The van der Waals surface area contributed by atoms with Gasteiger partial charge in [-0.2, -0.15) is 0 Å². The molecule has 3 N–H and O–H groups in total. The number of nitrogens with one attached hydrogen (secondary N) is 2. The fraction of sp³-hybridized carbons (Fsp3) is 0.595. The van der Waals surface area contributed by atoms with Crippen molar-refractivity contribution in [2.24, 2.45) is 28.7 Å². The third-order valence-corrected chi connectivity index (χ3v) is 19.0. The van der Waals surface area contributed by atoms with E-state index in [1.165, 1.54) is 31.3 Å². The number of benzene rings is 3. The first-order valence-electron chi connectivity index (χ1n) is 37.4. The molecule has 29 nitrogen and oxygen atoms in total. The van der Waals surface area contributed by atoms with E-state index in [0.29, 0.717) is 165 Å². The van der Waals surface area contributed by atoms with Crippen LogP contribution in [0.3, 0.4) is 0 Å². The van der Waals surface area contributed by atoms with Gasteiger partial charge in [-0.1, -0.05) is 56.2 Å². The Labute approximate surface area is 631 Å². The van der Waals surface area contributed by atoms with Gasteiger partial charge in [-0.15, -0.1) is 0 Å². The van der Waals surface area contributed by atoms with Crippen molar-refractivity contribution in [1.29, 1.82) is 0 Å². The SMILES string of the molecule is COc1cc2c(cc1OCCCCCOc1cc3c(cc1OC)C(=O)N1C=C(C)C[C@H]1[C@H](O)N3C(=O)OCc1ccc(CC(=O)[C@H](C)NC(=O)[C@@H](CC(=O)CCOCCOCCOCCOCCOCCOCCOCCOCCNC(=O)CCC3C(=O)CC(C)C3=O)C(C)C)cc1)N=C[C@@H]1CC(C)=CN1C2=O. The van der Waals surface area contributed by atoms with Crippen LogP contribution in [0.4, 0.5) is 16.2 Å². The minimum atomic E-state index is -1.51. The number of ether oxygens (including phenoxy) is 13. The zero-order valence-corrected chi connectivity index (χ0v) is 63.6. The number of hydrogen-bond acceptors (Lipinski definition) is 24. The van der Waals surface area contributed by atoms with Crippen LogP contribution in [-0.4, -0.2) is 238 Å². The molecular formula is C79H108N6O23. The molecule has 5 amide bonds. The second-order valence-electron chi connectivity index (χ2n) is 27.7. The largest absolute Gasteiger partial charge is 0.493 e. The van der Waals surface area contributed by atoms with Gasteiger partial charge in [0.15, 0.2) is 35.0 Å². The number of aliphatic hydroxyl groups is 1. The number of fused-ring (bicyclic) bond motifs is 4. The van der Waals surface area contributed by atoms with E-state index < -0.39 is 48.1 Å². The number of nitrogens with zero attached hydrogens (tertiary/aromatic N) is 4. The summed E-state index contributed by atoms with van der Waals surface area (Å²) in [4.78, 5) is 127. The minimum absolute atomic E-state index is 0.0105. The van der Waals surface area contributed by atoms with Gasteiger partial charge in [0, 0.05) is 81.2 Å². The first-order valence-corrected chi connectivity index (χ1v) is 37.4. The highest BCUT2D eigenvalue weighted by atomic mass is 16.6. The molecule has 3 aromatic rings. The van der Waals surface area contributed by atoms with Crippen LogP contribution in [0, 0.1) is 23.7 Å². The Morgan fingerprint density at radius 3 is 1.69 bits per heavy atom. The lowest BCUT2D eigenvalue weighted by Crippen LogP contribution is -2.50. The Morgan fingerprint density at radius 1 is 0.602 bits per heavy atom. The Hall–Kier alpha value is -8.52. The molecular weight excluding hydrogens is 1400 g/mol. The van der Waals surface area contributed by atoms with Crippen LogP contribution in [0.2, 0.25) is 0 Å². The Balaban J connectivity index is 0.646. The second-order valence-corrected chi connectivity index (χ2v) is 27.7. The van der Waals surface area contributed by atoms with Crippen molar-refractivity contribution in [2.45, 2.75) is 143 Å². The molecule has 3 aromatic carbocycles. The molecule has 0 radical (unpaired) electrons. The normalized spacial score (nSPS) is 18.5. The van der Waals surface area contributed by atoms with Gasteiger partial charge in [0.1, 0.15) is 24.0 Å². The van der Waals surface area contributed by atoms with E-state index in [0.717, 1.165) is 22.5 Å². The number of hydrogen-bond donors (Lipinski definition) is 3. The molecule has 1 fully saturated rings. The van der Waals surface area contributed by atoms with Gasteiger partial charge in [-0.3, -0.25) is 43.3 Å². The molecule has 7 atom stereocenters. The summed E-state index contributed by atoms with van der Waals surface area (Å²) in [5.74, 6) is -2.10. The summed E-state index contributed by atoms with van der Waals surface area (Å²) >= 11 is 0. The van der Waals surface area contributed by atoms with E-state index in [9.17, 15) is 48.3 Å². The predicted molar refractivity (Wildman–Crippen MR) is 396 cm³/mol. The molecule has 0 saturated heterocycles. The summed E-state index contributed by atoms with van der Waals surface area (Å²) in [6.07, 6.45) is 6.61. The molecule has 29 heteroatoms. The molecule has 8 rings (SSSR count). The first kappa shape index (κ1) is 85.1. The monoisotopic (exact) mass is 1510 g/mol. The van der Waals surface area contributed by atoms with Crippen LogP contribution in [0.15, 0.2) is 77.1 Å². The number of aliphatic imine (C=N–C) groups is 1. The number of methoxy groups -OCH3 is 2. The van der Waals surface area contributed by atoms with Crippen molar-refractivity contribution < 1.29 is 110 Å². The van der Waals surface area contributed by atoms with Crippen molar-refractivity contribution >= 4 is 70.4 Å². The van der Waals surface area contributed by atoms with E-state index in [1.807, 2.05) is 33.9 Å². The molecule has 1 aliphatic carbocycles. The van der Waals surface area contributed by atoms with E-state index >= 15 is 0 Å². The topological polar surface area (TPSA) is 340 Å². The summed E-state index contributed by atoms with van der Waals surface area (Å²) in [5.41, 5.74) is 4.28. The van der Waals surface area contributed by atoms with Crippen molar-refractivity contribution in [3.8, 4) is 23.0 Å². The number of carbonyl (C=O) groups is 9. The average Bonchev–Trinajstić information content (AvgIpc) is 1.66. The maximum Gasteiger partial charge on any atom is 0.416 e. The lowest BCUT2D eigenvalue weighted by atomic mass is 9.88. The van der Waals surface area contributed by atoms with Gasteiger partial charge in [0.2, 0.25) is 11.8 Å². The number of ketones is 4. The molecule has 4 aliphatic heterocycles. The summed E-state index contributed by atoms with van der Waals surface area (Å²) in [7, 11) is 2.97. The van der Waals surface area contributed by atoms with Crippen molar-refractivity contribution in [3.63, 3.8) is 0 Å². The van der Waals surface area contributed by atoms with Crippen LogP contribution in [0.5, 0.6) is 23.0 Å². The molecule has 0 bridgehead atoms. The van der Waals surface area contributed by atoms with Gasteiger partial charge < -0.3 is 87.1 Å². The molecule has 4 heterocycles. The van der Waals surface area contributed by atoms with Gasteiger partial charge in [0.25, 0.3) is 11.8 Å². The third-order valence-electron chi connectivity index (χ3n) is 19.0. The lowest BCUT2D eigenvalue weighted by Gasteiger charge is -2.31. The highest BCUT2D eigenvalue weighted by Crippen LogP contribution is 2.43. The van der Waals surface area contributed by atoms with Gasteiger partial charge in [0.05, 0.1) is 180 Å². The van der Waals surface area contributed by atoms with Crippen LogP contribution in [-0.2, 0) is 84.4 Å². The van der Waals surface area contributed by atoms with Gasteiger partial charge in [-0.25, -0.2) is 9.69 Å². The number of aliphatic hydroxyl groups excluding tert-OH is 1. The fourth-order valence-electron chi connectivity index (χ4n) is 12.9. The smallest absolute Gasteiger partial charge is 0.416 e. The maximum absolute atomic E-state index is 14.3. The van der Waals surface area contributed by atoms with Crippen LogP contribution in [0.25, 0.3) is 0 Å². The molecule has 1 saturated carbocycles. The molecule has 0 aromatic heterocycles. The van der Waals surface area contributed by atoms with E-state index in [1.54, 1.807) is 67.6 Å². The predicted octanol–water partition coefficient (Wildman–Crippen LogP) is 7.82. The highest BCUT2D eigenvalue weighted by molar-refractivity contribution is 6.10.